The van der Waals surface area contributed by atoms with Crippen molar-refractivity contribution in [2.24, 2.45) is 5.92 Å². The van der Waals surface area contributed by atoms with Crippen molar-refractivity contribution in [2.75, 3.05) is 11.9 Å². The molecule has 2 N–H and O–H groups in total. The predicted molar refractivity (Wildman–Crippen MR) is 80.1 cm³/mol. The van der Waals surface area contributed by atoms with E-state index in [1.165, 1.54) is 16.9 Å². The normalized spacial score (nSPS) is 17.7. The van der Waals surface area contributed by atoms with Crippen LogP contribution in [0.4, 0.5) is 5.00 Å². The van der Waals surface area contributed by atoms with Crippen LogP contribution in [0.25, 0.3) is 0 Å². The molecule has 0 saturated heterocycles. The van der Waals surface area contributed by atoms with Gasteiger partial charge in [-0.1, -0.05) is 6.92 Å². The number of nitrogens with one attached hydrogen (secondary N) is 2. The summed E-state index contributed by atoms with van der Waals surface area (Å²) in [7, 11) is 0. The molecule has 1 aliphatic carbocycles. The fourth-order valence-electron chi connectivity index (χ4n) is 2.27. The minimum atomic E-state index is 0.598. The molecule has 0 radical (unpaired) electrons. The highest BCUT2D eigenvalue weighted by molar-refractivity contribution is 7.80. The van der Waals surface area contributed by atoms with Gasteiger partial charge in [0.15, 0.2) is 5.11 Å². The van der Waals surface area contributed by atoms with Gasteiger partial charge in [0, 0.05) is 11.4 Å². The number of thiophene rings is 1. The van der Waals surface area contributed by atoms with Crippen molar-refractivity contribution >= 4 is 33.7 Å². The van der Waals surface area contributed by atoms with E-state index in [-0.39, 0.29) is 0 Å². The van der Waals surface area contributed by atoms with Gasteiger partial charge in [-0.05, 0) is 49.9 Å². The van der Waals surface area contributed by atoms with Crippen molar-refractivity contribution in [1.29, 1.82) is 5.26 Å². The third kappa shape index (κ3) is 2.65. The van der Waals surface area contributed by atoms with Crippen LogP contribution in [0, 0.1) is 17.2 Å². The molecule has 2 rings (SSSR count). The molecule has 0 saturated carbocycles. The second-order valence-corrected chi connectivity index (χ2v) is 6.17. The molecule has 3 nitrogen and oxygen atoms in total. The Kier molecular flexibility index (Phi) is 4.20. The Morgan fingerprint density at radius 3 is 3.06 bits per heavy atom. The molecule has 0 unspecified atom stereocenters. The van der Waals surface area contributed by atoms with Crippen LogP contribution < -0.4 is 10.6 Å². The van der Waals surface area contributed by atoms with E-state index in [2.05, 4.69) is 23.6 Å². The molecule has 0 amide bonds. The van der Waals surface area contributed by atoms with Crippen LogP contribution in [0.1, 0.15) is 36.3 Å². The van der Waals surface area contributed by atoms with Crippen molar-refractivity contribution < 1.29 is 0 Å². The van der Waals surface area contributed by atoms with Gasteiger partial charge in [-0.15, -0.1) is 11.3 Å². The highest BCUT2D eigenvalue weighted by Gasteiger charge is 2.24. The van der Waals surface area contributed by atoms with E-state index in [0.717, 1.165) is 35.9 Å². The van der Waals surface area contributed by atoms with Gasteiger partial charge in [-0.2, -0.15) is 5.26 Å². The number of rotatable bonds is 2. The van der Waals surface area contributed by atoms with Crippen molar-refractivity contribution in [2.45, 2.75) is 33.1 Å². The smallest absolute Gasteiger partial charge is 0.171 e. The second kappa shape index (κ2) is 5.68. The first-order valence-corrected chi connectivity index (χ1v) is 7.47. The minimum absolute atomic E-state index is 0.598. The Hall–Kier alpha value is -1.12. The number of thiocarbonyl (C=S) groups is 1. The summed E-state index contributed by atoms with van der Waals surface area (Å²) < 4.78 is 0. The van der Waals surface area contributed by atoms with Gasteiger partial charge in [0.2, 0.25) is 0 Å². The molecule has 1 heterocycles. The lowest BCUT2D eigenvalue weighted by molar-refractivity contribution is 0.507. The molecule has 5 heteroatoms. The molecule has 0 aliphatic heterocycles. The van der Waals surface area contributed by atoms with Crippen LogP contribution in [0.5, 0.6) is 0 Å². The summed E-state index contributed by atoms with van der Waals surface area (Å²) in [4.78, 5) is 1.35. The second-order valence-electron chi connectivity index (χ2n) is 4.65. The monoisotopic (exact) mass is 279 g/mol. The molecule has 18 heavy (non-hydrogen) atoms. The highest BCUT2D eigenvalue weighted by atomic mass is 32.1. The fraction of sp³-hybridized carbons (Fsp3) is 0.538. The molecule has 1 aliphatic rings. The first-order valence-electron chi connectivity index (χ1n) is 6.25. The third-order valence-electron chi connectivity index (χ3n) is 3.19. The fourth-order valence-corrected chi connectivity index (χ4v) is 3.94. The summed E-state index contributed by atoms with van der Waals surface area (Å²) in [6.07, 6.45) is 3.28. The summed E-state index contributed by atoms with van der Waals surface area (Å²) in [6, 6.07) is 2.33. The lowest BCUT2D eigenvalue weighted by Gasteiger charge is -2.17. The summed E-state index contributed by atoms with van der Waals surface area (Å²) in [5.74, 6) is 0.719. The van der Waals surface area contributed by atoms with Crippen LogP contribution in [0.2, 0.25) is 0 Å². The number of hydrogen-bond acceptors (Lipinski definition) is 3. The maximum Gasteiger partial charge on any atom is 0.171 e. The van der Waals surface area contributed by atoms with E-state index in [0.29, 0.717) is 5.11 Å². The molecular formula is C13H17N3S2. The Labute approximate surface area is 117 Å². The van der Waals surface area contributed by atoms with E-state index in [1.54, 1.807) is 11.3 Å². The zero-order valence-corrected chi connectivity index (χ0v) is 12.3. The third-order valence-corrected chi connectivity index (χ3v) is 4.60. The number of fused-ring (bicyclic) bond motifs is 1. The average Bonchev–Trinajstić information content (AvgIpc) is 2.65. The van der Waals surface area contributed by atoms with Crippen LogP contribution in [0.3, 0.4) is 0 Å². The van der Waals surface area contributed by atoms with Gasteiger partial charge in [0.05, 0.1) is 5.56 Å². The van der Waals surface area contributed by atoms with Crippen LogP contribution >= 0.6 is 23.6 Å². The van der Waals surface area contributed by atoms with Crippen molar-refractivity contribution in [3.05, 3.63) is 16.0 Å². The molecule has 1 aromatic rings. The van der Waals surface area contributed by atoms with Crippen LogP contribution in [0.15, 0.2) is 0 Å². The van der Waals surface area contributed by atoms with E-state index in [9.17, 15) is 5.26 Å². The van der Waals surface area contributed by atoms with Gasteiger partial charge in [0.25, 0.3) is 0 Å². The zero-order valence-electron chi connectivity index (χ0n) is 10.7. The van der Waals surface area contributed by atoms with Crippen molar-refractivity contribution in [1.82, 2.24) is 5.32 Å². The standard InChI is InChI=1S/C13H17N3S2/c1-3-15-13(17)16-12-10(7-14)9-5-4-8(2)6-11(9)18-12/h8H,3-6H2,1-2H3,(H2,15,16,17)/t8-/m1/s1. The number of hydrogen-bond donors (Lipinski definition) is 2. The first kappa shape index (κ1) is 13.3. The van der Waals surface area contributed by atoms with E-state index in [4.69, 9.17) is 12.2 Å². The minimum Gasteiger partial charge on any atom is -0.363 e. The summed E-state index contributed by atoms with van der Waals surface area (Å²) in [5.41, 5.74) is 2.03. The number of nitrogens with zero attached hydrogens (tertiary/aromatic N) is 1. The molecule has 0 aromatic carbocycles. The SMILES string of the molecule is CCNC(=S)Nc1sc2c(c1C#N)CC[C@@H](C)C2. The Balaban J connectivity index is 2.26. The molecular weight excluding hydrogens is 262 g/mol. The quantitative estimate of drug-likeness (QED) is 0.817. The molecule has 1 aromatic heterocycles. The Bertz CT molecular complexity index is 499. The maximum atomic E-state index is 9.32. The lowest BCUT2D eigenvalue weighted by atomic mass is 9.89. The van der Waals surface area contributed by atoms with Gasteiger partial charge in [-0.3, -0.25) is 0 Å². The van der Waals surface area contributed by atoms with Crippen LogP contribution in [-0.4, -0.2) is 11.7 Å². The van der Waals surface area contributed by atoms with E-state index >= 15 is 0 Å². The Morgan fingerprint density at radius 2 is 2.39 bits per heavy atom. The predicted octanol–water partition coefficient (Wildman–Crippen LogP) is 3.05. The average molecular weight is 279 g/mol. The van der Waals surface area contributed by atoms with Crippen molar-refractivity contribution in [3.63, 3.8) is 0 Å². The van der Waals surface area contributed by atoms with E-state index in [1.807, 2.05) is 6.92 Å². The molecule has 0 fully saturated rings. The van der Waals surface area contributed by atoms with Gasteiger partial charge in [-0.25, -0.2) is 0 Å². The zero-order chi connectivity index (χ0) is 13.1. The molecule has 0 spiro atoms. The largest absolute Gasteiger partial charge is 0.363 e. The topological polar surface area (TPSA) is 47.8 Å². The number of nitriles is 1. The van der Waals surface area contributed by atoms with Gasteiger partial charge < -0.3 is 10.6 Å². The Morgan fingerprint density at radius 1 is 1.61 bits per heavy atom. The van der Waals surface area contributed by atoms with E-state index < -0.39 is 0 Å². The summed E-state index contributed by atoms with van der Waals surface area (Å²) >= 11 is 6.86. The molecule has 1 atom stereocenters. The first-order chi connectivity index (χ1) is 8.65. The highest BCUT2D eigenvalue weighted by Crippen LogP contribution is 2.39. The van der Waals surface area contributed by atoms with Gasteiger partial charge >= 0.3 is 0 Å². The molecule has 0 bridgehead atoms. The number of anilines is 1. The molecule has 96 valence electrons. The van der Waals surface area contributed by atoms with Crippen LogP contribution in [-0.2, 0) is 12.8 Å². The van der Waals surface area contributed by atoms with Crippen molar-refractivity contribution in [3.8, 4) is 6.07 Å². The van der Waals surface area contributed by atoms with Gasteiger partial charge in [0.1, 0.15) is 11.1 Å². The lowest BCUT2D eigenvalue weighted by Crippen LogP contribution is -2.27. The summed E-state index contributed by atoms with van der Waals surface area (Å²) in [6.45, 7) is 5.06. The maximum absolute atomic E-state index is 9.32. The summed E-state index contributed by atoms with van der Waals surface area (Å²) in [5, 5.41) is 17.0.